The van der Waals surface area contributed by atoms with E-state index in [1.807, 2.05) is 4.83 Å². The van der Waals surface area contributed by atoms with E-state index >= 15 is 0 Å². The summed E-state index contributed by atoms with van der Waals surface area (Å²) in [5, 5.41) is 12.7. The van der Waals surface area contributed by atoms with Gasteiger partial charge in [-0.2, -0.15) is 31.2 Å². The molecule has 3 rings (SSSR count). The third-order valence-electron chi connectivity index (χ3n) is 3.42. The number of aromatic hydroxyl groups is 1. The summed E-state index contributed by atoms with van der Waals surface area (Å²) in [5.74, 6) is -0.0827. The summed E-state index contributed by atoms with van der Waals surface area (Å²) < 4.78 is 63.9. The number of sulfonamides is 1. The number of phenolic OH excluding ortho intramolecular Hbond substituents is 1. The van der Waals surface area contributed by atoms with E-state index in [4.69, 9.17) is 0 Å². The molecule has 0 saturated carbocycles. The zero-order valence-electron chi connectivity index (χ0n) is 13.0. The molecule has 0 spiro atoms. The maximum atomic E-state index is 13.0. The highest BCUT2D eigenvalue weighted by Gasteiger charge is 2.35. The maximum Gasteiger partial charge on any atom is 0.435 e. The van der Waals surface area contributed by atoms with Crippen LogP contribution < -0.4 is 4.83 Å². The fourth-order valence-electron chi connectivity index (χ4n) is 2.19. The molecule has 1 aromatic heterocycles. The molecule has 2 N–H and O–H groups in total. The number of phenols is 1. The number of hydrogen-bond donors (Lipinski definition) is 2. The Bertz CT molecular complexity index is 1010. The first-order chi connectivity index (χ1) is 12.2. The Morgan fingerprint density at radius 3 is 2.19 bits per heavy atom. The van der Waals surface area contributed by atoms with Gasteiger partial charge >= 0.3 is 6.18 Å². The Morgan fingerprint density at radius 2 is 1.62 bits per heavy atom. The van der Waals surface area contributed by atoms with E-state index in [2.05, 4.69) is 5.10 Å². The first kappa shape index (κ1) is 17.8. The van der Waals surface area contributed by atoms with E-state index in [0.29, 0.717) is 4.79 Å². The molecular formula is C16H12F3N3O3S. The van der Waals surface area contributed by atoms with Crippen molar-refractivity contribution in [3.8, 4) is 17.0 Å². The second-order valence-corrected chi connectivity index (χ2v) is 6.94. The quantitative estimate of drug-likeness (QED) is 0.725. The van der Waals surface area contributed by atoms with Crippen LogP contribution in [0.25, 0.3) is 11.3 Å². The first-order valence-electron chi connectivity index (χ1n) is 7.21. The van der Waals surface area contributed by atoms with Crippen molar-refractivity contribution >= 4 is 10.0 Å². The van der Waals surface area contributed by atoms with Gasteiger partial charge in [-0.3, -0.25) is 0 Å². The molecule has 0 atom stereocenters. The third-order valence-corrected chi connectivity index (χ3v) is 4.73. The Labute approximate surface area is 146 Å². The van der Waals surface area contributed by atoms with Crippen molar-refractivity contribution in [3.05, 3.63) is 66.4 Å². The number of benzene rings is 2. The van der Waals surface area contributed by atoms with Crippen molar-refractivity contribution < 1.29 is 26.7 Å². The van der Waals surface area contributed by atoms with Crippen LogP contribution in [-0.4, -0.2) is 23.4 Å². The zero-order valence-corrected chi connectivity index (χ0v) is 13.8. The Hall–Kier alpha value is -3.01. The van der Waals surface area contributed by atoms with E-state index in [9.17, 15) is 26.7 Å². The lowest BCUT2D eigenvalue weighted by Crippen LogP contribution is -2.25. The van der Waals surface area contributed by atoms with Crippen molar-refractivity contribution in [2.75, 3.05) is 4.83 Å². The molecule has 0 fully saturated rings. The highest BCUT2D eigenvalue weighted by molar-refractivity contribution is 7.92. The fraction of sp³-hybridized carbons (Fsp3) is 0.0625. The predicted octanol–water partition coefficient (Wildman–Crippen LogP) is 3.21. The van der Waals surface area contributed by atoms with Crippen molar-refractivity contribution in [1.82, 2.24) is 9.89 Å². The van der Waals surface area contributed by atoms with E-state index < -0.39 is 21.9 Å². The summed E-state index contributed by atoms with van der Waals surface area (Å²) in [5.41, 5.74) is -1.14. The first-order valence-corrected chi connectivity index (χ1v) is 8.70. The molecule has 2 aromatic carbocycles. The molecular weight excluding hydrogens is 371 g/mol. The van der Waals surface area contributed by atoms with Crippen LogP contribution in [0.5, 0.6) is 5.75 Å². The van der Waals surface area contributed by atoms with Crippen LogP contribution in [0.2, 0.25) is 0 Å². The summed E-state index contributed by atoms with van der Waals surface area (Å²) in [6.45, 7) is 0. The fourth-order valence-corrected chi connectivity index (χ4v) is 3.18. The zero-order chi connectivity index (χ0) is 18.9. The number of aromatic nitrogens is 2. The summed E-state index contributed by atoms with van der Waals surface area (Å²) in [6.07, 6.45) is -4.75. The summed E-state index contributed by atoms with van der Waals surface area (Å²) in [4.78, 5) is 2.45. The van der Waals surface area contributed by atoms with Crippen LogP contribution in [0.1, 0.15) is 5.69 Å². The van der Waals surface area contributed by atoms with Gasteiger partial charge in [0.15, 0.2) is 5.69 Å². The number of nitrogens with zero attached hydrogens (tertiary/aromatic N) is 2. The average Bonchev–Trinajstić information content (AvgIpc) is 3.00. The molecule has 26 heavy (non-hydrogen) atoms. The molecule has 0 aliphatic rings. The SMILES string of the molecule is O=S(=O)(Nn1nc(C(F)(F)F)cc1-c1ccc(O)cc1)c1ccccc1. The lowest BCUT2D eigenvalue weighted by molar-refractivity contribution is -0.141. The average molecular weight is 383 g/mol. The molecule has 0 unspecified atom stereocenters. The number of halogens is 3. The van der Waals surface area contributed by atoms with Crippen LogP contribution in [0.3, 0.4) is 0 Å². The van der Waals surface area contributed by atoms with Crippen molar-refractivity contribution in [2.24, 2.45) is 0 Å². The molecule has 6 nitrogen and oxygen atoms in total. The molecule has 0 bridgehead atoms. The number of alkyl halides is 3. The lowest BCUT2D eigenvalue weighted by atomic mass is 10.1. The summed E-state index contributed by atoms with van der Waals surface area (Å²) in [6, 6.07) is 13.1. The smallest absolute Gasteiger partial charge is 0.435 e. The molecule has 0 amide bonds. The van der Waals surface area contributed by atoms with Gasteiger partial charge in [0.25, 0.3) is 10.0 Å². The van der Waals surface area contributed by atoms with E-state index in [1.54, 1.807) is 6.07 Å². The van der Waals surface area contributed by atoms with E-state index in [1.165, 1.54) is 48.5 Å². The van der Waals surface area contributed by atoms with Crippen LogP contribution in [-0.2, 0) is 16.2 Å². The van der Waals surface area contributed by atoms with Gasteiger partial charge in [0.2, 0.25) is 0 Å². The molecule has 1 heterocycles. The molecule has 136 valence electrons. The van der Waals surface area contributed by atoms with E-state index in [0.717, 1.165) is 6.07 Å². The summed E-state index contributed by atoms with van der Waals surface area (Å²) in [7, 11) is -4.15. The second-order valence-electron chi connectivity index (χ2n) is 5.28. The van der Waals surface area contributed by atoms with Crippen LogP contribution >= 0.6 is 0 Å². The Balaban J connectivity index is 2.08. The molecule has 0 aliphatic carbocycles. The van der Waals surface area contributed by atoms with Crippen LogP contribution in [0.15, 0.2) is 65.6 Å². The van der Waals surface area contributed by atoms with Gasteiger partial charge < -0.3 is 5.11 Å². The lowest BCUT2D eigenvalue weighted by Gasteiger charge is -2.11. The molecule has 0 aliphatic heterocycles. The molecule has 10 heteroatoms. The van der Waals surface area contributed by atoms with Gasteiger partial charge in [0.05, 0.1) is 10.6 Å². The van der Waals surface area contributed by atoms with Gasteiger partial charge in [-0.05, 0) is 42.5 Å². The summed E-state index contributed by atoms with van der Waals surface area (Å²) >= 11 is 0. The minimum Gasteiger partial charge on any atom is -0.508 e. The molecule has 3 aromatic rings. The van der Waals surface area contributed by atoms with Gasteiger partial charge in [0.1, 0.15) is 5.75 Å². The standard InChI is InChI=1S/C16H12F3N3O3S/c17-16(18,19)15-10-14(11-6-8-12(23)9-7-11)22(20-15)21-26(24,25)13-4-2-1-3-5-13/h1-10,21,23H. The topological polar surface area (TPSA) is 84.2 Å². The Kier molecular flexibility index (Phi) is 4.36. The predicted molar refractivity (Wildman–Crippen MR) is 87.3 cm³/mol. The van der Waals surface area contributed by atoms with Crippen molar-refractivity contribution in [2.45, 2.75) is 11.1 Å². The minimum absolute atomic E-state index is 0.0827. The maximum absolute atomic E-state index is 13.0. The van der Waals surface area contributed by atoms with Crippen molar-refractivity contribution in [3.63, 3.8) is 0 Å². The largest absolute Gasteiger partial charge is 0.508 e. The van der Waals surface area contributed by atoms with Crippen LogP contribution in [0, 0.1) is 0 Å². The highest BCUT2D eigenvalue weighted by atomic mass is 32.2. The van der Waals surface area contributed by atoms with Gasteiger partial charge in [-0.25, -0.2) is 0 Å². The Morgan fingerprint density at radius 1 is 1.00 bits per heavy atom. The monoisotopic (exact) mass is 383 g/mol. The van der Waals surface area contributed by atoms with Gasteiger partial charge in [-0.1, -0.05) is 18.2 Å². The van der Waals surface area contributed by atoms with Gasteiger partial charge in [-0.15, -0.1) is 5.10 Å². The van der Waals surface area contributed by atoms with Crippen LogP contribution in [0.4, 0.5) is 13.2 Å². The van der Waals surface area contributed by atoms with E-state index in [-0.39, 0.29) is 21.9 Å². The minimum atomic E-state index is -4.75. The normalized spacial score (nSPS) is 12.1. The molecule has 0 radical (unpaired) electrons. The number of nitrogens with one attached hydrogen (secondary N) is 1. The van der Waals surface area contributed by atoms with Crippen molar-refractivity contribution in [1.29, 1.82) is 0 Å². The second kappa shape index (κ2) is 6.37. The van der Waals surface area contributed by atoms with Gasteiger partial charge in [0, 0.05) is 5.56 Å². The third kappa shape index (κ3) is 3.64. The highest BCUT2D eigenvalue weighted by Crippen LogP contribution is 2.32. The molecule has 0 saturated heterocycles. The number of hydrogen-bond acceptors (Lipinski definition) is 4. The number of rotatable bonds is 4.